The Hall–Kier alpha value is -1.03. The molecule has 0 saturated carbocycles. The second-order valence-electron chi connectivity index (χ2n) is 2.28. The molecule has 0 amide bonds. The molecule has 4 heteroatoms. The standard InChI is InChI=1S/C8H7BrO3/c9-7(4-10)6-2-1-5(11)3-8(6)12/h1-4,7,11-12H. The highest BCUT2D eigenvalue weighted by atomic mass is 79.9. The molecule has 0 aromatic heterocycles. The molecule has 1 aromatic rings. The summed E-state index contributed by atoms with van der Waals surface area (Å²) in [6, 6.07) is 4.08. The lowest BCUT2D eigenvalue weighted by atomic mass is 10.1. The molecule has 1 unspecified atom stereocenters. The maximum atomic E-state index is 10.3. The van der Waals surface area contributed by atoms with Crippen molar-refractivity contribution in [2.45, 2.75) is 4.83 Å². The van der Waals surface area contributed by atoms with E-state index in [-0.39, 0.29) is 11.5 Å². The van der Waals surface area contributed by atoms with Crippen LogP contribution in [0.15, 0.2) is 18.2 Å². The summed E-state index contributed by atoms with van der Waals surface area (Å²) in [6.45, 7) is 0. The average Bonchev–Trinajstić information content (AvgIpc) is 2.03. The topological polar surface area (TPSA) is 57.5 Å². The fourth-order valence-corrected chi connectivity index (χ4v) is 1.23. The fourth-order valence-electron chi connectivity index (χ4n) is 0.839. The van der Waals surface area contributed by atoms with Crippen molar-refractivity contribution in [3.8, 4) is 11.5 Å². The molecule has 0 heterocycles. The Balaban J connectivity index is 3.09. The van der Waals surface area contributed by atoms with E-state index in [4.69, 9.17) is 5.11 Å². The van der Waals surface area contributed by atoms with Gasteiger partial charge in [-0.05, 0) is 6.07 Å². The summed E-state index contributed by atoms with van der Waals surface area (Å²) in [5.41, 5.74) is 0.447. The molecule has 0 aliphatic heterocycles. The largest absolute Gasteiger partial charge is 0.508 e. The highest BCUT2D eigenvalue weighted by molar-refractivity contribution is 9.09. The van der Waals surface area contributed by atoms with Crippen LogP contribution in [0.3, 0.4) is 0 Å². The molecule has 64 valence electrons. The van der Waals surface area contributed by atoms with Gasteiger partial charge in [0.2, 0.25) is 0 Å². The van der Waals surface area contributed by atoms with E-state index >= 15 is 0 Å². The van der Waals surface area contributed by atoms with Gasteiger partial charge in [-0.3, -0.25) is 0 Å². The summed E-state index contributed by atoms with van der Waals surface area (Å²) in [5.74, 6) is -0.120. The number of carbonyl (C=O) groups is 1. The molecular formula is C8H7BrO3. The van der Waals surface area contributed by atoms with Crippen LogP contribution in [0, 0.1) is 0 Å². The van der Waals surface area contributed by atoms with Crippen molar-refractivity contribution < 1.29 is 15.0 Å². The smallest absolute Gasteiger partial charge is 0.138 e. The molecule has 0 saturated heterocycles. The van der Waals surface area contributed by atoms with Gasteiger partial charge in [0.25, 0.3) is 0 Å². The third kappa shape index (κ3) is 1.76. The first-order chi connectivity index (χ1) is 5.65. The predicted octanol–water partition coefficient (Wildman–Crippen LogP) is 1.73. The van der Waals surface area contributed by atoms with Crippen LogP contribution in [0.25, 0.3) is 0 Å². The zero-order valence-corrected chi connectivity index (χ0v) is 7.65. The Morgan fingerprint density at radius 1 is 1.42 bits per heavy atom. The minimum absolute atomic E-state index is 0.0261. The third-order valence-electron chi connectivity index (χ3n) is 1.43. The normalized spacial score (nSPS) is 12.4. The highest BCUT2D eigenvalue weighted by Crippen LogP contribution is 2.31. The molecule has 1 aromatic carbocycles. The molecule has 0 bridgehead atoms. The van der Waals surface area contributed by atoms with Crippen LogP contribution in [0.1, 0.15) is 10.4 Å². The Morgan fingerprint density at radius 2 is 2.08 bits per heavy atom. The zero-order chi connectivity index (χ0) is 9.14. The Bertz CT molecular complexity index is 298. The first-order valence-electron chi connectivity index (χ1n) is 3.26. The lowest BCUT2D eigenvalue weighted by Crippen LogP contribution is -1.90. The lowest BCUT2D eigenvalue weighted by Gasteiger charge is -2.04. The van der Waals surface area contributed by atoms with E-state index in [0.717, 1.165) is 0 Å². The number of alkyl halides is 1. The van der Waals surface area contributed by atoms with Gasteiger partial charge < -0.3 is 15.0 Å². The van der Waals surface area contributed by atoms with Crippen LogP contribution in [-0.2, 0) is 4.79 Å². The van der Waals surface area contributed by atoms with Gasteiger partial charge in [-0.1, -0.05) is 22.0 Å². The molecule has 0 fully saturated rings. The molecule has 0 aliphatic rings. The molecule has 0 spiro atoms. The summed E-state index contributed by atoms with van der Waals surface area (Å²) >= 11 is 3.05. The van der Waals surface area contributed by atoms with Gasteiger partial charge in [-0.25, -0.2) is 0 Å². The maximum absolute atomic E-state index is 10.3. The van der Waals surface area contributed by atoms with E-state index in [9.17, 15) is 9.90 Å². The van der Waals surface area contributed by atoms with Crippen molar-refractivity contribution in [2.24, 2.45) is 0 Å². The maximum Gasteiger partial charge on any atom is 0.138 e. The monoisotopic (exact) mass is 230 g/mol. The van der Waals surface area contributed by atoms with Gasteiger partial charge >= 0.3 is 0 Å². The number of phenolic OH excluding ortho intramolecular Hbond substituents is 2. The van der Waals surface area contributed by atoms with Crippen molar-refractivity contribution in [1.82, 2.24) is 0 Å². The summed E-state index contributed by atoms with van der Waals surface area (Å²) in [7, 11) is 0. The molecule has 0 aliphatic carbocycles. The number of phenols is 2. The van der Waals surface area contributed by atoms with Gasteiger partial charge in [0.15, 0.2) is 0 Å². The summed E-state index contributed by atoms with van der Waals surface area (Å²) in [6.07, 6.45) is 0.659. The van der Waals surface area contributed by atoms with Crippen LogP contribution in [0.5, 0.6) is 11.5 Å². The molecule has 12 heavy (non-hydrogen) atoms. The second kappa shape index (κ2) is 3.58. The SMILES string of the molecule is O=CC(Br)c1ccc(O)cc1O. The number of aromatic hydroxyl groups is 2. The Morgan fingerprint density at radius 3 is 2.58 bits per heavy atom. The summed E-state index contributed by atoms with van der Waals surface area (Å²) < 4.78 is 0. The van der Waals surface area contributed by atoms with E-state index in [2.05, 4.69) is 15.9 Å². The number of hydrogen-bond acceptors (Lipinski definition) is 3. The summed E-state index contributed by atoms with van der Waals surface area (Å²) in [4.78, 5) is 9.79. The first-order valence-corrected chi connectivity index (χ1v) is 4.18. The van der Waals surface area contributed by atoms with Crippen LogP contribution < -0.4 is 0 Å². The van der Waals surface area contributed by atoms with Crippen LogP contribution in [-0.4, -0.2) is 16.5 Å². The lowest BCUT2D eigenvalue weighted by molar-refractivity contribution is -0.107. The van der Waals surface area contributed by atoms with E-state index in [0.29, 0.717) is 11.8 Å². The van der Waals surface area contributed by atoms with Crippen LogP contribution >= 0.6 is 15.9 Å². The van der Waals surface area contributed by atoms with Crippen molar-refractivity contribution in [1.29, 1.82) is 0 Å². The van der Waals surface area contributed by atoms with Gasteiger partial charge in [-0.15, -0.1) is 0 Å². The van der Waals surface area contributed by atoms with E-state index in [1.165, 1.54) is 18.2 Å². The van der Waals surface area contributed by atoms with Crippen molar-refractivity contribution in [3.63, 3.8) is 0 Å². The fraction of sp³-hybridized carbons (Fsp3) is 0.125. The van der Waals surface area contributed by atoms with Gasteiger partial charge in [0, 0.05) is 11.6 Å². The predicted molar refractivity (Wildman–Crippen MR) is 47.5 cm³/mol. The van der Waals surface area contributed by atoms with E-state index in [1.54, 1.807) is 0 Å². The number of benzene rings is 1. The van der Waals surface area contributed by atoms with E-state index < -0.39 is 4.83 Å². The molecule has 0 radical (unpaired) electrons. The first kappa shape index (κ1) is 9.06. The number of halogens is 1. The number of carbonyl (C=O) groups excluding carboxylic acids is 1. The van der Waals surface area contributed by atoms with Gasteiger partial charge in [-0.2, -0.15) is 0 Å². The summed E-state index contributed by atoms with van der Waals surface area (Å²) in [5, 5.41) is 18.2. The van der Waals surface area contributed by atoms with Gasteiger partial charge in [0.05, 0.1) is 4.83 Å². The molecule has 2 N–H and O–H groups in total. The molecular weight excluding hydrogens is 224 g/mol. The van der Waals surface area contributed by atoms with Crippen molar-refractivity contribution in [3.05, 3.63) is 23.8 Å². The van der Waals surface area contributed by atoms with E-state index in [1.807, 2.05) is 0 Å². The minimum atomic E-state index is -0.530. The zero-order valence-electron chi connectivity index (χ0n) is 6.07. The van der Waals surface area contributed by atoms with Gasteiger partial charge in [0.1, 0.15) is 17.8 Å². The molecule has 1 atom stereocenters. The second-order valence-corrected chi connectivity index (χ2v) is 3.27. The molecule has 3 nitrogen and oxygen atoms in total. The van der Waals surface area contributed by atoms with Crippen molar-refractivity contribution >= 4 is 22.2 Å². The highest BCUT2D eigenvalue weighted by Gasteiger charge is 2.10. The number of hydrogen-bond donors (Lipinski definition) is 2. The Kier molecular flexibility index (Phi) is 2.70. The van der Waals surface area contributed by atoms with Crippen molar-refractivity contribution in [2.75, 3.05) is 0 Å². The van der Waals surface area contributed by atoms with Crippen LogP contribution in [0.2, 0.25) is 0 Å². The third-order valence-corrected chi connectivity index (χ3v) is 2.14. The van der Waals surface area contributed by atoms with Crippen LogP contribution in [0.4, 0.5) is 0 Å². The average molecular weight is 231 g/mol. The number of rotatable bonds is 2. The molecule has 1 rings (SSSR count). The quantitative estimate of drug-likeness (QED) is 0.601. The minimum Gasteiger partial charge on any atom is -0.508 e. The number of aldehydes is 1. The Labute approximate surface area is 77.8 Å².